The number of ketones is 1. The molecule has 2 saturated carbocycles. The van der Waals surface area contributed by atoms with Crippen molar-refractivity contribution in [2.75, 3.05) is 7.11 Å². The Labute approximate surface area is 197 Å². The molecule has 5 rings (SSSR count). The maximum absolute atomic E-state index is 13.5. The first kappa shape index (κ1) is 22.4. The Bertz CT molecular complexity index is 1030. The van der Waals surface area contributed by atoms with Gasteiger partial charge in [-0.3, -0.25) is 4.79 Å². The molecule has 0 bridgehead atoms. The fourth-order valence-corrected chi connectivity index (χ4v) is 8.30. The van der Waals surface area contributed by atoms with Crippen LogP contribution in [0.5, 0.6) is 5.75 Å². The topological polar surface area (TPSA) is 63.6 Å². The number of methoxy groups -OCH3 is 1. The zero-order chi connectivity index (χ0) is 23.5. The van der Waals surface area contributed by atoms with Crippen molar-refractivity contribution in [1.82, 2.24) is 0 Å². The van der Waals surface area contributed by atoms with Crippen LogP contribution in [0.4, 0.5) is 0 Å². The van der Waals surface area contributed by atoms with Gasteiger partial charge in [0.2, 0.25) is 0 Å². The first-order chi connectivity index (χ1) is 15.7. The number of carbonyl (C=O) groups excluding carboxylic acids is 2. The van der Waals surface area contributed by atoms with Crippen molar-refractivity contribution >= 4 is 11.8 Å². The lowest BCUT2D eigenvalue weighted by atomic mass is 9.47. The van der Waals surface area contributed by atoms with Gasteiger partial charge in [-0.2, -0.15) is 0 Å². The van der Waals surface area contributed by atoms with E-state index in [1.807, 2.05) is 0 Å². The first-order valence-corrected chi connectivity index (χ1v) is 12.5. The van der Waals surface area contributed by atoms with E-state index >= 15 is 0 Å². The van der Waals surface area contributed by atoms with Gasteiger partial charge in [-0.05, 0) is 109 Å². The lowest BCUT2D eigenvalue weighted by Crippen LogP contribution is -2.50. The Kier molecular flexibility index (Phi) is 5.34. The monoisotopic (exact) mass is 448 g/mol. The van der Waals surface area contributed by atoms with Gasteiger partial charge in [0.05, 0.1) is 7.11 Å². The summed E-state index contributed by atoms with van der Waals surface area (Å²) in [6.45, 7) is 6.93. The molecule has 4 aliphatic carbocycles. The number of hydrogen-bond donors (Lipinski definition) is 1. The predicted molar refractivity (Wildman–Crippen MR) is 128 cm³/mol. The van der Waals surface area contributed by atoms with Gasteiger partial charge in [-0.25, -0.2) is 4.79 Å². The third kappa shape index (κ3) is 3.32. The molecule has 1 aromatic carbocycles. The molecular weight excluding hydrogens is 412 g/mol. The van der Waals surface area contributed by atoms with Crippen LogP contribution in [0, 0.1) is 40.4 Å². The summed E-state index contributed by atoms with van der Waals surface area (Å²) < 4.78 is 5.05. The van der Waals surface area contributed by atoms with E-state index in [9.17, 15) is 14.7 Å². The number of phenols is 1. The van der Waals surface area contributed by atoms with Crippen LogP contribution in [0.15, 0.2) is 47.6 Å². The highest BCUT2D eigenvalue weighted by Crippen LogP contribution is 2.66. The molecule has 4 aliphatic rings. The average molecular weight is 449 g/mol. The summed E-state index contributed by atoms with van der Waals surface area (Å²) in [5.74, 6) is 2.24. The Hall–Kier alpha value is -2.36. The molecule has 33 heavy (non-hydrogen) atoms. The number of carbonyl (C=O) groups is 2. The van der Waals surface area contributed by atoms with Gasteiger partial charge < -0.3 is 9.84 Å². The molecular formula is C29H36O4. The van der Waals surface area contributed by atoms with Crippen molar-refractivity contribution in [3.05, 3.63) is 53.1 Å². The van der Waals surface area contributed by atoms with E-state index in [0.717, 1.165) is 49.7 Å². The van der Waals surface area contributed by atoms with Gasteiger partial charge in [0.1, 0.15) is 5.75 Å². The van der Waals surface area contributed by atoms with Crippen molar-refractivity contribution in [2.24, 2.45) is 40.4 Å². The zero-order valence-electron chi connectivity index (χ0n) is 20.3. The number of allylic oxidation sites excluding steroid dienone is 3. The molecule has 0 unspecified atom stereocenters. The number of esters is 1. The van der Waals surface area contributed by atoms with E-state index in [1.54, 1.807) is 24.3 Å². The maximum atomic E-state index is 13.5. The molecule has 0 aliphatic heterocycles. The van der Waals surface area contributed by atoms with Gasteiger partial charge in [-0.1, -0.05) is 26.8 Å². The molecule has 0 spiro atoms. The summed E-state index contributed by atoms with van der Waals surface area (Å²) in [6.07, 6.45) is 10.8. The van der Waals surface area contributed by atoms with E-state index in [0.29, 0.717) is 17.8 Å². The Balaban J connectivity index is 1.43. The van der Waals surface area contributed by atoms with E-state index in [4.69, 9.17) is 4.74 Å². The van der Waals surface area contributed by atoms with Crippen molar-refractivity contribution in [1.29, 1.82) is 0 Å². The molecule has 4 heteroatoms. The Morgan fingerprint density at radius 2 is 1.79 bits per heavy atom. The number of ether oxygens (including phenoxy) is 1. The van der Waals surface area contributed by atoms with E-state index in [2.05, 4.69) is 32.9 Å². The summed E-state index contributed by atoms with van der Waals surface area (Å²) in [5.41, 5.74) is 2.97. The predicted octanol–water partition coefficient (Wildman–Crippen LogP) is 6.11. The normalized spacial score (nSPS) is 39.5. The minimum Gasteiger partial charge on any atom is -0.508 e. The smallest absolute Gasteiger partial charge is 0.334 e. The van der Waals surface area contributed by atoms with Gasteiger partial charge in [0, 0.05) is 17.1 Å². The molecule has 4 nitrogen and oxygen atoms in total. The van der Waals surface area contributed by atoms with Crippen LogP contribution in [0.2, 0.25) is 0 Å². The summed E-state index contributed by atoms with van der Waals surface area (Å²) in [5, 5.41) is 9.62. The summed E-state index contributed by atoms with van der Waals surface area (Å²) >= 11 is 0. The second-order valence-corrected chi connectivity index (χ2v) is 11.5. The van der Waals surface area contributed by atoms with Gasteiger partial charge in [0.25, 0.3) is 0 Å². The van der Waals surface area contributed by atoms with Crippen LogP contribution in [-0.4, -0.2) is 24.0 Å². The van der Waals surface area contributed by atoms with Crippen molar-refractivity contribution in [3.63, 3.8) is 0 Å². The van der Waals surface area contributed by atoms with E-state index in [1.165, 1.54) is 12.7 Å². The molecule has 0 amide bonds. The summed E-state index contributed by atoms with van der Waals surface area (Å²) in [7, 11) is 1.47. The number of aromatic hydroxyl groups is 1. The highest BCUT2D eigenvalue weighted by Gasteiger charge is 2.60. The van der Waals surface area contributed by atoms with Crippen molar-refractivity contribution < 1.29 is 19.4 Å². The Morgan fingerprint density at radius 1 is 1.06 bits per heavy atom. The highest BCUT2D eigenvalue weighted by molar-refractivity contribution is 5.98. The van der Waals surface area contributed by atoms with Crippen LogP contribution in [0.3, 0.4) is 0 Å². The van der Waals surface area contributed by atoms with Crippen molar-refractivity contribution in [3.8, 4) is 5.75 Å². The van der Waals surface area contributed by atoms with Crippen LogP contribution in [0.25, 0.3) is 0 Å². The standard InChI is InChI=1S/C29H36O4/c1-17-16-29(3)19(15-22(17)27(32)33-4)7-10-21-23-11-12-25(28(23,2)14-13-24(21)29)26(31)18-5-8-20(30)9-6-18/h5-9,15,17,21,23-25,30H,10-14,16H2,1-4H3/t17-,21+,23+,24+,25-,28+,29+/m1/s1. The SMILES string of the molecule is COC(=O)C1=CC2=CC[C@H]3[C@@H]4CC[C@H](C(=O)c5ccc(O)cc5)[C@@]4(C)CC[C@@H]3[C@@]2(C)C[C@H]1C. The molecule has 1 aromatic rings. The fourth-order valence-electron chi connectivity index (χ4n) is 8.30. The zero-order valence-corrected chi connectivity index (χ0v) is 20.3. The third-order valence-electron chi connectivity index (χ3n) is 9.99. The molecule has 0 aromatic heterocycles. The number of phenolic OH excluding ortho intramolecular Hbond substituents is 1. The van der Waals surface area contributed by atoms with Gasteiger partial charge in [-0.15, -0.1) is 0 Å². The number of fused-ring (bicyclic) bond motifs is 5. The molecule has 7 atom stereocenters. The summed E-state index contributed by atoms with van der Waals surface area (Å²) in [6, 6.07) is 6.78. The average Bonchev–Trinajstić information content (AvgIpc) is 3.15. The quantitative estimate of drug-likeness (QED) is 0.448. The van der Waals surface area contributed by atoms with Crippen LogP contribution < -0.4 is 0 Å². The molecule has 0 saturated heterocycles. The van der Waals surface area contributed by atoms with E-state index in [-0.39, 0.29) is 40.2 Å². The van der Waals surface area contributed by atoms with Crippen LogP contribution in [0.1, 0.15) is 69.7 Å². The number of benzene rings is 1. The lowest BCUT2D eigenvalue weighted by molar-refractivity contribution is -0.137. The second kappa shape index (κ2) is 7.85. The van der Waals surface area contributed by atoms with Gasteiger partial charge >= 0.3 is 5.97 Å². The number of hydrogen-bond acceptors (Lipinski definition) is 4. The molecule has 0 radical (unpaired) electrons. The minimum atomic E-state index is -0.199. The largest absolute Gasteiger partial charge is 0.508 e. The van der Waals surface area contributed by atoms with Crippen LogP contribution >= 0.6 is 0 Å². The van der Waals surface area contributed by atoms with Crippen LogP contribution in [-0.2, 0) is 9.53 Å². The van der Waals surface area contributed by atoms with E-state index < -0.39 is 0 Å². The third-order valence-corrected chi connectivity index (χ3v) is 9.99. The second-order valence-electron chi connectivity index (χ2n) is 11.5. The highest BCUT2D eigenvalue weighted by atomic mass is 16.5. The molecule has 1 N–H and O–H groups in total. The number of rotatable bonds is 3. The number of Topliss-reactive ketones (excluding diaryl/α,β-unsaturated/α-hetero) is 1. The summed E-state index contributed by atoms with van der Waals surface area (Å²) in [4.78, 5) is 25.8. The molecule has 0 heterocycles. The maximum Gasteiger partial charge on any atom is 0.334 e. The van der Waals surface area contributed by atoms with Gasteiger partial charge in [0.15, 0.2) is 5.78 Å². The van der Waals surface area contributed by atoms with Crippen molar-refractivity contribution in [2.45, 2.75) is 59.3 Å². The first-order valence-electron chi connectivity index (χ1n) is 12.5. The lowest BCUT2D eigenvalue weighted by Gasteiger charge is -2.57. The molecule has 176 valence electrons. The molecule has 2 fully saturated rings. The fraction of sp³-hybridized carbons (Fsp3) is 0.586. The Morgan fingerprint density at radius 3 is 2.48 bits per heavy atom. The minimum absolute atomic E-state index is 0.0329.